The Kier molecular flexibility index (Phi) is 3.18. The molecule has 0 aliphatic heterocycles. The molecule has 2 rings (SSSR count). The van der Waals surface area contributed by atoms with E-state index in [1.807, 2.05) is 0 Å². The molecule has 0 atom stereocenters. The molecule has 2 heterocycles. The minimum Gasteiger partial charge on any atom is -0.463 e. The molecular formula is C10H10N4O4. The highest BCUT2D eigenvalue weighted by molar-refractivity contribution is 5.42. The topological polar surface area (TPSA) is 104 Å². The monoisotopic (exact) mass is 250 g/mol. The summed E-state index contributed by atoms with van der Waals surface area (Å²) < 4.78 is 10.3. The van der Waals surface area contributed by atoms with E-state index in [9.17, 15) is 10.1 Å². The van der Waals surface area contributed by atoms with Crippen LogP contribution in [-0.2, 0) is 6.61 Å². The van der Waals surface area contributed by atoms with E-state index in [0.717, 1.165) is 0 Å². The zero-order valence-electron chi connectivity index (χ0n) is 9.78. The molecule has 8 heteroatoms. The third-order valence-corrected chi connectivity index (χ3v) is 2.07. The van der Waals surface area contributed by atoms with Gasteiger partial charge in [-0.05, 0) is 12.5 Å². The predicted molar refractivity (Wildman–Crippen MR) is 59.0 cm³/mol. The lowest BCUT2D eigenvalue weighted by molar-refractivity contribution is -0.386. The molecule has 0 saturated heterocycles. The van der Waals surface area contributed by atoms with Gasteiger partial charge in [-0.2, -0.15) is 0 Å². The van der Waals surface area contributed by atoms with Crippen molar-refractivity contribution in [1.82, 2.24) is 15.2 Å². The molecule has 8 nitrogen and oxygen atoms in total. The molecule has 0 spiro atoms. The van der Waals surface area contributed by atoms with Crippen LogP contribution in [0.1, 0.15) is 17.3 Å². The third-order valence-electron chi connectivity index (χ3n) is 2.07. The molecular weight excluding hydrogens is 240 g/mol. The minimum absolute atomic E-state index is 0.0578. The number of hydrogen-bond donors (Lipinski definition) is 0. The highest BCUT2D eigenvalue weighted by atomic mass is 16.6. The van der Waals surface area contributed by atoms with Gasteiger partial charge >= 0.3 is 5.69 Å². The fourth-order valence-corrected chi connectivity index (χ4v) is 1.31. The van der Waals surface area contributed by atoms with Gasteiger partial charge in [0.2, 0.25) is 5.89 Å². The number of nitro groups is 1. The Bertz CT molecular complexity index is 581. The lowest BCUT2D eigenvalue weighted by Gasteiger charge is -2.03. The van der Waals surface area contributed by atoms with E-state index in [2.05, 4.69) is 15.2 Å². The van der Waals surface area contributed by atoms with Gasteiger partial charge in [-0.3, -0.25) is 10.1 Å². The first kappa shape index (κ1) is 12.0. The van der Waals surface area contributed by atoms with Crippen LogP contribution in [0.3, 0.4) is 0 Å². The van der Waals surface area contributed by atoms with E-state index in [4.69, 9.17) is 9.15 Å². The number of nitrogens with zero attached hydrogens (tertiary/aromatic N) is 4. The highest BCUT2D eigenvalue weighted by Crippen LogP contribution is 2.25. The summed E-state index contributed by atoms with van der Waals surface area (Å²) in [6.07, 6.45) is 1.49. The molecule has 0 fully saturated rings. The average molecular weight is 250 g/mol. The van der Waals surface area contributed by atoms with Gasteiger partial charge in [0.25, 0.3) is 11.8 Å². The standard InChI is InChI=1S/C10H10N4O4/c1-6-3-8(14(15)16)10(11-4-6)17-5-9-13-12-7(2)18-9/h3-4H,5H2,1-2H3. The lowest BCUT2D eigenvalue weighted by Crippen LogP contribution is -2.01. The SMILES string of the molecule is Cc1cnc(OCc2nnc(C)o2)c([N+](=O)[O-])c1. The van der Waals surface area contributed by atoms with Crippen LogP contribution in [0.15, 0.2) is 16.7 Å². The minimum atomic E-state index is -0.547. The van der Waals surface area contributed by atoms with Crippen LogP contribution in [0.4, 0.5) is 5.69 Å². The summed E-state index contributed by atoms with van der Waals surface area (Å²) in [6, 6.07) is 1.39. The predicted octanol–water partition coefficient (Wildman–Crippen LogP) is 1.57. The van der Waals surface area contributed by atoms with Gasteiger partial charge in [0.05, 0.1) is 4.92 Å². The number of rotatable bonds is 4. The number of ether oxygens (including phenoxy) is 1. The van der Waals surface area contributed by atoms with Crippen molar-refractivity contribution >= 4 is 5.69 Å². The van der Waals surface area contributed by atoms with Crippen LogP contribution >= 0.6 is 0 Å². The van der Waals surface area contributed by atoms with E-state index in [0.29, 0.717) is 11.5 Å². The summed E-state index contributed by atoms with van der Waals surface area (Å²) >= 11 is 0. The van der Waals surface area contributed by atoms with Crippen LogP contribution < -0.4 is 4.74 Å². The maximum atomic E-state index is 10.8. The maximum Gasteiger partial charge on any atom is 0.331 e. The maximum absolute atomic E-state index is 10.8. The molecule has 18 heavy (non-hydrogen) atoms. The summed E-state index contributed by atoms with van der Waals surface area (Å²) in [5.74, 6) is 0.575. The Morgan fingerprint density at radius 1 is 1.44 bits per heavy atom. The summed E-state index contributed by atoms with van der Waals surface area (Å²) in [5.41, 5.74) is 0.494. The molecule has 0 N–H and O–H groups in total. The second-order valence-corrected chi connectivity index (χ2v) is 3.60. The molecule has 0 amide bonds. The summed E-state index contributed by atoms with van der Waals surface area (Å²) in [4.78, 5) is 14.1. The molecule has 2 aromatic rings. The Hall–Kier alpha value is -2.51. The van der Waals surface area contributed by atoms with E-state index < -0.39 is 4.92 Å². The van der Waals surface area contributed by atoms with Crippen LogP contribution in [0.2, 0.25) is 0 Å². The first-order valence-corrected chi connectivity index (χ1v) is 5.09. The average Bonchev–Trinajstić information content (AvgIpc) is 2.73. The molecule has 0 aliphatic carbocycles. The number of aryl methyl sites for hydroxylation is 2. The number of aromatic nitrogens is 3. The van der Waals surface area contributed by atoms with E-state index >= 15 is 0 Å². The lowest BCUT2D eigenvalue weighted by atomic mass is 10.3. The van der Waals surface area contributed by atoms with Crippen molar-refractivity contribution in [2.75, 3.05) is 0 Å². The Morgan fingerprint density at radius 3 is 2.83 bits per heavy atom. The molecule has 0 aliphatic rings. The van der Waals surface area contributed by atoms with Crippen LogP contribution in [0.25, 0.3) is 0 Å². The Balaban J connectivity index is 2.16. The zero-order chi connectivity index (χ0) is 13.1. The third kappa shape index (κ3) is 2.59. The van der Waals surface area contributed by atoms with Crippen LogP contribution in [-0.4, -0.2) is 20.1 Å². The quantitative estimate of drug-likeness (QED) is 0.599. The normalized spacial score (nSPS) is 10.3. The second-order valence-electron chi connectivity index (χ2n) is 3.60. The van der Waals surface area contributed by atoms with E-state index in [1.165, 1.54) is 12.3 Å². The Labute approximate surface area is 102 Å². The number of pyridine rings is 1. The molecule has 2 aromatic heterocycles. The molecule has 0 unspecified atom stereocenters. The molecule has 0 radical (unpaired) electrons. The van der Waals surface area contributed by atoms with Gasteiger partial charge in [-0.1, -0.05) is 0 Å². The first-order chi connectivity index (χ1) is 8.56. The number of hydrogen-bond acceptors (Lipinski definition) is 7. The van der Waals surface area contributed by atoms with Crippen molar-refractivity contribution in [3.8, 4) is 5.88 Å². The molecule has 0 bridgehead atoms. The smallest absolute Gasteiger partial charge is 0.331 e. The van der Waals surface area contributed by atoms with Gasteiger partial charge in [-0.25, -0.2) is 4.98 Å². The van der Waals surface area contributed by atoms with Crippen molar-refractivity contribution in [3.05, 3.63) is 39.7 Å². The van der Waals surface area contributed by atoms with Gasteiger partial charge in [0.15, 0.2) is 6.61 Å². The summed E-state index contributed by atoms with van der Waals surface area (Å²) in [6.45, 7) is 3.30. The fraction of sp³-hybridized carbons (Fsp3) is 0.300. The fourth-order valence-electron chi connectivity index (χ4n) is 1.31. The summed E-state index contributed by atoms with van der Waals surface area (Å²) in [5, 5.41) is 18.2. The van der Waals surface area contributed by atoms with Crippen LogP contribution in [0, 0.1) is 24.0 Å². The molecule has 0 saturated carbocycles. The first-order valence-electron chi connectivity index (χ1n) is 5.09. The largest absolute Gasteiger partial charge is 0.463 e. The van der Waals surface area contributed by atoms with E-state index in [1.54, 1.807) is 13.8 Å². The zero-order valence-corrected chi connectivity index (χ0v) is 9.78. The van der Waals surface area contributed by atoms with Crippen molar-refractivity contribution in [2.24, 2.45) is 0 Å². The van der Waals surface area contributed by atoms with Gasteiger partial charge in [-0.15, -0.1) is 10.2 Å². The van der Waals surface area contributed by atoms with Crippen molar-refractivity contribution in [2.45, 2.75) is 20.5 Å². The van der Waals surface area contributed by atoms with Crippen molar-refractivity contribution < 1.29 is 14.1 Å². The molecule has 94 valence electrons. The van der Waals surface area contributed by atoms with Gasteiger partial charge < -0.3 is 9.15 Å². The van der Waals surface area contributed by atoms with Gasteiger partial charge in [0.1, 0.15) is 0 Å². The van der Waals surface area contributed by atoms with Crippen LogP contribution in [0.5, 0.6) is 5.88 Å². The summed E-state index contributed by atoms with van der Waals surface area (Å²) in [7, 11) is 0. The van der Waals surface area contributed by atoms with E-state index in [-0.39, 0.29) is 24.1 Å². The second kappa shape index (κ2) is 4.78. The van der Waals surface area contributed by atoms with Crippen molar-refractivity contribution in [1.29, 1.82) is 0 Å². The highest BCUT2D eigenvalue weighted by Gasteiger charge is 2.17. The van der Waals surface area contributed by atoms with Gasteiger partial charge in [0, 0.05) is 19.2 Å². The van der Waals surface area contributed by atoms with Crippen molar-refractivity contribution in [3.63, 3.8) is 0 Å². The Morgan fingerprint density at radius 2 is 2.22 bits per heavy atom. The molecule has 0 aromatic carbocycles.